The molecule has 0 N–H and O–H groups in total. The lowest BCUT2D eigenvalue weighted by atomic mass is 10.0. The van der Waals surface area contributed by atoms with Gasteiger partial charge in [0.2, 0.25) is 5.78 Å². The molecule has 0 aliphatic carbocycles. The number of hydrogen-bond donors (Lipinski definition) is 0. The van der Waals surface area contributed by atoms with Crippen molar-refractivity contribution in [3.05, 3.63) is 182 Å². The first-order chi connectivity index (χ1) is 27.3. The van der Waals surface area contributed by atoms with Crippen LogP contribution < -0.4 is 15.7 Å². The van der Waals surface area contributed by atoms with Crippen molar-refractivity contribution in [2.24, 2.45) is 0 Å². The summed E-state index contributed by atoms with van der Waals surface area (Å²) in [5.74, 6) is 0.899. The minimum atomic E-state index is -3.32. The highest BCUT2D eigenvalue weighted by Gasteiger charge is 2.48. The predicted octanol–water partition coefficient (Wildman–Crippen LogP) is 10.3. The molecule has 258 valence electrons. The van der Waals surface area contributed by atoms with Crippen LogP contribution in [-0.2, 0) is 0 Å². The Balaban J connectivity index is 1.26. The third-order valence-electron chi connectivity index (χ3n) is 11.3. The van der Waals surface area contributed by atoms with Gasteiger partial charge in [-0.05, 0) is 64.5 Å². The summed E-state index contributed by atoms with van der Waals surface area (Å²) < 4.78 is 13.7. The van der Waals surface area contributed by atoms with Gasteiger partial charge in [-0.2, -0.15) is 0 Å². The molecule has 0 saturated carbocycles. The minimum absolute atomic E-state index is 0.883. The van der Waals surface area contributed by atoms with Gasteiger partial charge in [0.15, 0.2) is 0 Å². The Hall–Kier alpha value is -6.80. The van der Waals surface area contributed by atoms with Crippen LogP contribution in [0.1, 0.15) is 0 Å². The SMILES string of the molecule is c1ccc([Si](c2ccccc2)(c2nccc3sc4ccccc4c23)n2c3ccccc3n3c4cccc(-c5ccc6oc7ccccc7c6c5)c4nc23)cc1. The molecule has 0 radical (unpaired) electrons. The first kappa shape index (κ1) is 30.6. The number of furan rings is 1. The van der Waals surface area contributed by atoms with E-state index in [2.05, 4.69) is 172 Å². The summed E-state index contributed by atoms with van der Waals surface area (Å²) in [6.07, 6.45) is 2.01. The van der Waals surface area contributed by atoms with Gasteiger partial charge in [-0.15, -0.1) is 11.3 Å². The maximum absolute atomic E-state index is 6.22. The summed E-state index contributed by atoms with van der Waals surface area (Å²) in [4.78, 5) is 11.2. The van der Waals surface area contributed by atoms with Crippen LogP contribution in [0.5, 0.6) is 0 Å². The molecule has 0 saturated heterocycles. The fraction of sp³-hybridized carbons (Fsp3) is 0. The normalized spacial score (nSPS) is 12.4. The molecule has 5 heterocycles. The van der Waals surface area contributed by atoms with Crippen molar-refractivity contribution < 1.29 is 4.42 Å². The largest absolute Gasteiger partial charge is 0.456 e. The van der Waals surface area contributed by atoms with E-state index in [1.807, 2.05) is 29.7 Å². The highest BCUT2D eigenvalue weighted by atomic mass is 32.1. The molecule has 12 rings (SSSR count). The van der Waals surface area contributed by atoms with Crippen molar-refractivity contribution >= 4 is 105 Å². The Labute approximate surface area is 320 Å². The van der Waals surface area contributed by atoms with E-state index in [4.69, 9.17) is 14.4 Å². The highest BCUT2D eigenvalue weighted by Crippen LogP contribution is 2.38. The molecule has 5 aromatic heterocycles. The fourth-order valence-corrected chi connectivity index (χ4v) is 15.0. The monoisotopic (exact) mass is 738 g/mol. The first-order valence-electron chi connectivity index (χ1n) is 18.5. The van der Waals surface area contributed by atoms with E-state index < -0.39 is 8.24 Å². The molecule has 0 atom stereocenters. The molecule has 0 aliphatic heterocycles. The first-order valence-corrected chi connectivity index (χ1v) is 21.3. The molecule has 55 heavy (non-hydrogen) atoms. The van der Waals surface area contributed by atoms with Crippen LogP contribution >= 0.6 is 11.3 Å². The Morgan fingerprint density at radius 3 is 2.02 bits per heavy atom. The molecular formula is C48H30N4OSSi. The van der Waals surface area contributed by atoms with Crippen LogP contribution in [0.4, 0.5) is 0 Å². The number of para-hydroxylation sites is 4. The average molecular weight is 739 g/mol. The summed E-state index contributed by atoms with van der Waals surface area (Å²) in [5, 5.41) is 8.26. The third-order valence-corrected chi connectivity index (χ3v) is 16.9. The Bertz CT molecular complexity index is 3410. The fourth-order valence-electron chi connectivity index (χ4n) is 8.99. The Kier molecular flexibility index (Phi) is 6.46. The van der Waals surface area contributed by atoms with E-state index in [1.54, 1.807) is 0 Å². The molecule has 0 fully saturated rings. The number of benzene rings is 7. The molecular weight excluding hydrogens is 709 g/mol. The number of nitrogens with zero attached hydrogens (tertiary/aromatic N) is 4. The summed E-state index contributed by atoms with van der Waals surface area (Å²) in [5.41, 5.74) is 8.23. The molecule has 0 aliphatic rings. The van der Waals surface area contributed by atoms with Gasteiger partial charge in [-0.1, -0.05) is 127 Å². The predicted molar refractivity (Wildman–Crippen MR) is 231 cm³/mol. The van der Waals surface area contributed by atoms with Crippen molar-refractivity contribution in [2.45, 2.75) is 0 Å². The van der Waals surface area contributed by atoms with Crippen molar-refractivity contribution in [3.63, 3.8) is 0 Å². The van der Waals surface area contributed by atoms with E-state index in [9.17, 15) is 0 Å². The molecule has 5 nitrogen and oxygen atoms in total. The van der Waals surface area contributed by atoms with Gasteiger partial charge in [-0.25, -0.2) is 4.98 Å². The Morgan fingerprint density at radius 1 is 0.527 bits per heavy atom. The van der Waals surface area contributed by atoms with Crippen LogP contribution in [0, 0.1) is 0 Å². The topological polar surface area (TPSA) is 48.3 Å². The van der Waals surface area contributed by atoms with Crippen LogP contribution in [0.15, 0.2) is 187 Å². The van der Waals surface area contributed by atoms with E-state index in [0.29, 0.717) is 0 Å². The molecule has 7 heteroatoms. The maximum Gasteiger partial charge on any atom is 0.280 e. The van der Waals surface area contributed by atoms with E-state index in [1.165, 1.54) is 30.5 Å². The number of rotatable bonds is 5. The summed E-state index contributed by atoms with van der Waals surface area (Å²) in [6, 6.07) is 63.2. The average Bonchev–Trinajstić information content (AvgIpc) is 4.01. The zero-order valence-corrected chi connectivity index (χ0v) is 31.2. The van der Waals surface area contributed by atoms with Crippen molar-refractivity contribution in [3.8, 4) is 11.1 Å². The quantitative estimate of drug-likeness (QED) is 0.165. The molecule has 7 aromatic carbocycles. The lowest BCUT2D eigenvalue weighted by Gasteiger charge is -2.34. The number of aromatic nitrogens is 4. The molecule has 0 spiro atoms. The zero-order valence-electron chi connectivity index (χ0n) is 29.4. The van der Waals surface area contributed by atoms with Gasteiger partial charge in [0.05, 0.1) is 27.4 Å². The summed E-state index contributed by atoms with van der Waals surface area (Å²) >= 11 is 1.84. The van der Waals surface area contributed by atoms with Crippen LogP contribution in [0.2, 0.25) is 0 Å². The van der Waals surface area contributed by atoms with Crippen LogP contribution in [-0.4, -0.2) is 26.8 Å². The number of pyridine rings is 1. The van der Waals surface area contributed by atoms with Crippen molar-refractivity contribution in [1.82, 2.24) is 18.6 Å². The van der Waals surface area contributed by atoms with Gasteiger partial charge >= 0.3 is 0 Å². The zero-order chi connectivity index (χ0) is 36.1. The summed E-state index contributed by atoms with van der Waals surface area (Å²) in [7, 11) is -3.32. The van der Waals surface area contributed by atoms with E-state index >= 15 is 0 Å². The van der Waals surface area contributed by atoms with Gasteiger partial charge < -0.3 is 8.65 Å². The third kappa shape index (κ3) is 4.22. The van der Waals surface area contributed by atoms with Gasteiger partial charge in [0.25, 0.3) is 8.24 Å². The number of imidazole rings is 2. The number of thiophene rings is 1. The highest BCUT2D eigenvalue weighted by molar-refractivity contribution is 7.26. The second kappa shape index (κ2) is 11.6. The molecule has 0 amide bonds. The van der Waals surface area contributed by atoms with E-state index in [0.717, 1.165) is 66.2 Å². The number of fused-ring (bicyclic) bond motifs is 11. The molecule has 12 aromatic rings. The van der Waals surface area contributed by atoms with Gasteiger partial charge in [0, 0.05) is 42.7 Å². The van der Waals surface area contributed by atoms with Crippen LogP contribution in [0.25, 0.3) is 81.1 Å². The number of hydrogen-bond acceptors (Lipinski definition) is 4. The lowest BCUT2D eigenvalue weighted by Crippen LogP contribution is -2.73. The van der Waals surface area contributed by atoms with Crippen molar-refractivity contribution in [2.75, 3.05) is 0 Å². The van der Waals surface area contributed by atoms with Gasteiger partial charge in [-0.3, -0.25) is 9.38 Å². The second-order valence-corrected chi connectivity index (χ2v) is 18.7. The minimum Gasteiger partial charge on any atom is -0.456 e. The van der Waals surface area contributed by atoms with Gasteiger partial charge in [0.1, 0.15) is 11.2 Å². The standard InChI is InChI=1S/C48H30N4OSSi/c1-3-14-32(15-4-1)55(33-16-5-2-6-17-33,47-45-36-19-8-12-25-43(36)54-44(45)28-29-49-47)52-39-22-10-9-21-38(39)51-40-23-13-20-34(46(40)50-48(51)52)31-26-27-42-37(30-31)35-18-7-11-24-41(35)53-42/h1-30H. The van der Waals surface area contributed by atoms with E-state index in [-0.39, 0.29) is 0 Å². The Morgan fingerprint density at radius 2 is 1.20 bits per heavy atom. The summed E-state index contributed by atoms with van der Waals surface area (Å²) in [6.45, 7) is 0. The van der Waals surface area contributed by atoms with Crippen molar-refractivity contribution in [1.29, 1.82) is 0 Å². The smallest absolute Gasteiger partial charge is 0.280 e. The second-order valence-electron chi connectivity index (χ2n) is 14.1. The lowest BCUT2D eigenvalue weighted by molar-refractivity contribution is 0.669. The molecule has 0 unspecified atom stereocenters. The maximum atomic E-state index is 6.22. The van der Waals surface area contributed by atoms with Crippen LogP contribution in [0.3, 0.4) is 0 Å². The molecule has 0 bridgehead atoms.